The smallest absolute Gasteiger partial charge is 0.271 e. The molecule has 1 aliphatic heterocycles. The molecule has 1 amide bonds. The summed E-state index contributed by atoms with van der Waals surface area (Å²) in [5.74, 6) is 0.377. The van der Waals surface area contributed by atoms with E-state index in [-0.39, 0.29) is 23.2 Å². The highest BCUT2D eigenvalue weighted by molar-refractivity contribution is 5.92. The Bertz CT molecular complexity index is 967. The number of amides is 1. The van der Waals surface area contributed by atoms with Crippen molar-refractivity contribution in [3.05, 3.63) is 70.9 Å². The van der Waals surface area contributed by atoms with Crippen molar-refractivity contribution in [2.75, 3.05) is 18.0 Å². The molecule has 1 aromatic carbocycles. The summed E-state index contributed by atoms with van der Waals surface area (Å²) in [4.78, 5) is 35.4. The summed E-state index contributed by atoms with van der Waals surface area (Å²) < 4.78 is 1.36. The largest absolute Gasteiger partial charge is 0.346 e. The van der Waals surface area contributed by atoms with Crippen LogP contribution in [0.4, 0.5) is 5.95 Å². The zero-order valence-electron chi connectivity index (χ0n) is 14.7. The first kappa shape index (κ1) is 17.0. The maximum atomic E-state index is 12.6. The van der Waals surface area contributed by atoms with Crippen LogP contribution in [-0.2, 0) is 0 Å². The van der Waals surface area contributed by atoms with Crippen LogP contribution in [0.15, 0.2) is 59.7 Å². The van der Waals surface area contributed by atoms with Crippen LogP contribution in [0.3, 0.4) is 0 Å². The second-order valence-corrected chi connectivity index (χ2v) is 6.49. The molecule has 8 nitrogen and oxygen atoms in total. The molecular formula is C19H20N6O2. The number of carbonyl (C=O) groups is 1. The van der Waals surface area contributed by atoms with Gasteiger partial charge in [-0.1, -0.05) is 18.2 Å². The topological polar surface area (TPSA) is 95.9 Å². The van der Waals surface area contributed by atoms with Gasteiger partial charge in [-0.05, 0) is 31.0 Å². The zero-order chi connectivity index (χ0) is 18.6. The van der Waals surface area contributed by atoms with Crippen molar-refractivity contribution in [3.63, 3.8) is 0 Å². The Morgan fingerprint density at radius 3 is 2.70 bits per heavy atom. The fourth-order valence-corrected chi connectivity index (χ4v) is 3.28. The molecule has 0 bridgehead atoms. The Kier molecular flexibility index (Phi) is 4.69. The summed E-state index contributed by atoms with van der Waals surface area (Å²) >= 11 is 0. The van der Waals surface area contributed by atoms with E-state index >= 15 is 0 Å². The van der Waals surface area contributed by atoms with Gasteiger partial charge in [-0.2, -0.15) is 0 Å². The number of anilines is 1. The lowest BCUT2D eigenvalue weighted by molar-refractivity contribution is 0.0927. The average molecular weight is 364 g/mol. The highest BCUT2D eigenvalue weighted by Crippen LogP contribution is 2.15. The van der Waals surface area contributed by atoms with Gasteiger partial charge in [0.05, 0.1) is 5.69 Å². The lowest BCUT2D eigenvalue weighted by Gasteiger charge is -2.32. The zero-order valence-corrected chi connectivity index (χ0v) is 14.7. The summed E-state index contributed by atoms with van der Waals surface area (Å²) in [6, 6.07) is 12.2. The minimum atomic E-state index is -0.289. The van der Waals surface area contributed by atoms with Crippen molar-refractivity contribution in [3.8, 4) is 5.69 Å². The van der Waals surface area contributed by atoms with Crippen LogP contribution in [-0.4, -0.2) is 44.8 Å². The van der Waals surface area contributed by atoms with Crippen LogP contribution in [0.25, 0.3) is 5.69 Å². The first-order chi connectivity index (χ1) is 13.2. The Hall–Kier alpha value is -3.42. The van der Waals surface area contributed by atoms with E-state index in [4.69, 9.17) is 0 Å². The number of hydrogen-bond donors (Lipinski definition) is 2. The second kappa shape index (κ2) is 7.45. The number of piperidine rings is 1. The third-order valence-electron chi connectivity index (χ3n) is 4.57. The molecule has 3 heterocycles. The molecule has 1 fully saturated rings. The highest BCUT2D eigenvalue weighted by atomic mass is 16.2. The van der Waals surface area contributed by atoms with Crippen molar-refractivity contribution < 1.29 is 4.79 Å². The summed E-state index contributed by atoms with van der Waals surface area (Å²) in [5, 5.41) is 5.89. The van der Waals surface area contributed by atoms with Crippen molar-refractivity contribution in [2.24, 2.45) is 0 Å². The van der Waals surface area contributed by atoms with E-state index in [9.17, 15) is 9.59 Å². The number of nitrogens with zero attached hydrogens (tertiary/aromatic N) is 4. The van der Waals surface area contributed by atoms with Gasteiger partial charge in [0.2, 0.25) is 5.95 Å². The number of hydrogen-bond acceptors (Lipinski definition) is 5. The third kappa shape index (κ3) is 3.74. The maximum Gasteiger partial charge on any atom is 0.271 e. The van der Waals surface area contributed by atoms with Crippen LogP contribution in [0.1, 0.15) is 23.3 Å². The number of aromatic nitrogens is 4. The van der Waals surface area contributed by atoms with Gasteiger partial charge < -0.3 is 10.2 Å². The van der Waals surface area contributed by atoms with Crippen molar-refractivity contribution in [1.82, 2.24) is 25.1 Å². The molecular weight excluding hydrogens is 344 g/mol. The second-order valence-electron chi connectivity index (χ2n) is 6.49. The monoisotopic (exact) mass is 364 g/mol. The molecule has 0 spiro atoms. The van der Waals surface area contributed by atoms with Crippen LogP contribution >= 0.6 is 0 Å². The van der Waals surface area contributed by atoms with E-state index in [0.29, 0.717) is 18.2 Å². The predicted molar refractivity (Wildman–Crippen MR) is 101 cm³/mol. The van der Waals surface area contributed by atoms with Crippen LogP contribution < -0.4 is 15.8 Å². The van der Waals surface area contributed by atoms with Gasteiger partial charge in [0.15, 0.2) is 0 Å². The summed E-state index contributed by atoms with van der Waals surface area (Å²) in [6.45, 7) is 1.50. The number of aromatic amines is 1. The quantitative estimate of drug-likeness (QED) is 0.729. The molecule has 1 aliphatic rings. The average Bonchev–Trinajstić information content (AvgIpc) is 3.11. The highest BCUT2D eigenvalue weighted by Gasteiger charge is 2.24. The number of rotatable bonds is 4. The molecule has 138 valence electrons. The van der Waals surface area contributed by atoms with Gasteiger partial charge in [-0.3, -0.25) is 14.7 Å². The van der Waals surface area contributed by atoms with Crippen LogP contribution in [0, 0.1) is 0 Å². The van der Waals surface area contributed by atoms with E-state index in [1.54, 1.807) is 30.6 Å². The first-order valence-corrected chi connectivity index (χ1v) is 8.91. The van der Waals surface area contributed by atoms with Gasteiger partial charge in [0.1, 0.15) is 5.69 Å². The maximum absolute atomic E-state index is 12.6. The van der Waals surface area contributed by atoms with Gasteiger partial charge in [-0.15, -0.1) is 0 Å². The number of carbonyl (C=O) groups excluding carboxylic acids is 1. The fourth-order valence-electron chi connectivity index (χ4n) is 3.28. The standard InChI is InChI=1S/C19H20N6O2/c26-17-12-16(23-25(17)15-7-2-1-3-8-15)18(27)22-14-6-4-11-24(13-14)19-20-9-5-10-21-19/h1-3,5,7-10,12,14,23H,4,6,11,13H2,(H,22,27). The van der Waals surface area contributed by atoms with E-state index in [1.807, 2.05) is 18.2 Å². The summed E-state index contributed by atoms with van der Waals surface area (Å²) in [5.41, 5.74) is 0.665. The molecule has 1 unspecified atom stereocenters. The lowest BCUT2D eigenvalue weighted by Crippen LogP contribution is -2.48. The molecule has 0 radical (unpaired) electrons. The van der Waals surface area contributed by atoms with E-state index < -0.39 is 0 Å². The number of H-pyrrole nitrogens is 1. The Labute approximate surface area is 155 Å². The predicted octanol–water partition coefficient (Wildman–Crippen LogP) is 1.35. The van der Waals surface area contributed by atoms with Gasteiger partial charge in [0, 0.05) is 37.6 Å². The minimum absolute atomic E-state index is 0.0290. The molecule has 27 heavy (non-hydrogen) atoms. The molecule has 1 atom stereocenters. The van der Waals surface area contributed by atoms with E-state index in [2.05, 4.69) is 25.3 Å². The number of benzene rings is 1. The molecule has 0 aliphatic carbocycles. The van der Waals surface area contributed by atoms with Gasteiger partial charge in [0.25, 0.3) is 11.5 Å². The van der Waals surface area contributed by atoms with Crippen molar-refractivity contribution in [1.29, 1.82) is 0 Å². The Balaban J connectivity index is 1.46. The Morgan fingerprint density at radius 2 is 1.93 bits per heavy atom. The molecule has 0 saturated carbocycles. The molecule has 4 rings (SSSR count). The lowest BCUT2D eigenvalue weighted by atomic mass is 10.1. The van der Waals surface area contributed by atoms with Crippen LogP contribution in [0.5, 0.6) is 0 Å². The van der Waals surface area contributed by atoms with Crippen molar-refractivity contribution in [2.45, 2.75) is 18.9 Å². The van der Waals surface area contributed by atoms with Crippen molar-refractivity contribution >= 4 is 11.9 Å². The van der Waals surface area contributed by atoms with Gasteiger partial charge >= 0.3 is 0 Å². The molecule has 8 heteroatoms. The fraction of sp³-hybridized carbons (Fsp3) is 0.263. The third-order valence-corrected chi connectivity index (χ3v) is 4.57. The number of para-hydroxylation sites is 1. The molecule has 2 aromatic heterocycles. The van der Waals surface area contributed by atoms with E-state index in [1.165, 1.54) is 10.7 Å². The first-order valence-electron chi connectivity index (χ1n) is 8.91. The van der Waals surface area contributed by atoms with Gasteiger partial charge in [-0.25, -0.2) is 14.6 Å². The SMILES string of the molecule is O=C(NC1CCCN(c2ncccn2)C1)c1cc(=O)n(-c2ccccc2)[nH]1. The summed E-state index contributed by atoms with van der Waals surface area (Å²) in [6.07, 6.45) is 5.23. The van der Waals surface area contributed by atoms with Crippen LogP contribution in [0.2, 0.25) is 0 Å². The molecule has 1 saturated heterocycles. The Morgan fingerprint density at radius 1 is 1.15 bits per heavy atom. The molecule has 3 aromatic rings. The number of nitrogens with one attached hydrogen (secondary N) is 2. The van der Waals surface area contributed by atoms with E-state index in [0.717, 1.165) is 19.4 Å². The molecule has 2 N–H and O–H groups in total. The normalized spacial score (nSPS) is 16.9. The minimum Gasteiger partial charge on any atom is -0.346 e. The summed E-state index contributed by atoms with van der Waals surface area (Å²) in [7, 11) is 0.